The summed E-state index contributed by atoms with van der Waals surface area (Å²) in [5, 5.41) is 9.16. The van der Waals surface area contributed by atoms with Gasteiger partial charge >= 0.3 is 0 Å². The molecule has 0 spiro atoms. The van der Waals surface area contributed by atoms with E-state index < -0.39 is 5.91 Å². The summed E-state index contributed by atoms with van der Waals surface area (Å²) >= 11 is 3.10. The zero-order chi connectivity index (χ0) is 13.0. The van der Waals surface area contributed by atoms with Gasteiger partial charge in [-0.1, -0.05) is 0 Å². The molecule has 0 saturated heterocycles. The van der Waals surface area contributed by atoms with E-state index in [9.17, 15) is 9.59 Å². The number of primary amides is 1. The van der Waals surface area contributed by atoms with E-state index in [-0.39, 0.29) is 18.9 Å². The third-order valence-corrected chi connectivity index (χ3v) is 3.74. The van der Waals surface area contributed by atoms with Gasteiger partial charge in [-0.25, -0.2) is 4.98 Å². The lowest BCUT2D eigenvalue weighted by Crippen LogP contribution is -2.34. The van der Waals surface area contributed by atoms with Crippen molar-refractivity contribution in [1.29, 1.82) is 0 Å². The van der Waals surface area contributed by atoms with Crippen LogP contribution in [0.4, 0.5) is 0 Å². The van der Waals surface area contributed by atoms with Crippen molar-refractivity contribution in [1.82, 2.24) is 10.3 Å². The molecule has 2 aromatic rings. The van der Waals surface area contributed by atoms with Crippen molar-refractivity contribution in [2.75, 3.05) is 6.54 Å². The van der Waals surface area contributed by atoms with Gasteiger partial charge in [-0.2, -0.15) is 11.3 Å². The molecule has 2 heterocycles. The van der Waals surface area contributed by atoms with Crippen LogP contribution in [-0.2, 0) is 16.0 Å². The lowest BCUT2D eigenvalue weighted by atomic mass is 10.3. The summed E-state index contributed by atoms with van der Waals surface area (Å²) in [5.74, 6) is -0.809. The fourth-order valence-electron chi connectivity index (χ4n) is 1.32. The van der Waals surface area contributed by atoms with Crippen LogP contribution < -0.4 is 11.1 Å². The highest BCUT2D eigenvalue weighted by atomic mass is 32.1. The molecule has 0 bridgehead atoms. The molecule has 0 radical (unpaired) electrons. The highest BCUT2D eigenvalue weighted by Crippen LogP contribution is 2.25. The molecule has 0 aliphatic heterocycles. The van der Waals surface area contributed by atoms with Crippen LogP contribution in [0.15, 0.2) is 22.2 Å². The molecule has 18 heavy (non-hydrogen) atoms. The molecule has 3 N–H and O–H groups in total. The SMILES string of the molecule is NC(=O)CNC(=O)Cc1csc(-c2ccsc2)n1. The number of carbonyl (C=O) groups is 2. The first-order valence-corrected chi connectivity index (χ1v) is 6.99. The second-order valence-electron chi connectivity index (χ2n) is 3.58. The molecular formula is C11H11N3O2S2. The molecule has 2 amide bonds. The Bertz CT molecular complexity index is 548. The highest BCUT2D eigenvalue weighted by molar-refractivity contribution is 7.14. The average molecular weight is 281 g/mol. The van der Waals surface area contributed by atoms with Crippen molar-refractivity contribution in [3.63, 3.8) is 0 Å². The third-order valence-electron chi connectivity index (χ3n) is 2.12. The first-order valence-electron chi connectivity index (χ1n) is 5.17. The number of aromatic nitrogens is 1. The molecular weight excluding hydrogens is 270 g/mol. The van der Waals surface area contributed by atoms with Crippen LogP contribution >= 0.6 is 22.7 Å². The number of nitrogens with two attached hydrogens (primary N) is 1. The number of nitrogens with zero attached hydrogens (tertiary/aromatic N) is 1. The monoisotopic (exact) mass is 281 g/mol. The molecule has 7 heteroatoms. The predicted molar refractivity (Wildman–Crippen MR) is 71.3 cm³/mol. The zero-order valence-electron chi connectivity index (χ0n) is 9.38. The zero-order valence-corrected chi connectivity index (χ0v) is 11.0. The molecule has 0 fully saturated rings. The predicted octanol–water partition coefficient (Wildman–Crippen LogP) is 1.02. The van der Waals surface area contributed by atoms with Crippen LogP contribution in [0, 0.1) is 0 Å². The molecule has 2 aromatic heterocycles. The molecule has 0 unspecified atom stereocenters. The smallest absolute Gasteiger partial charge is 0.236 e. The maximum Gasteiger partial charge on any atom is 0.236 e. The number of thiophene rings is 1. The van der Waals surface area contributed by atoms with E-state index >= 15 is 0 Å². The van der Waals surface area contributed by atoms with E-state index in [0.29, 0.717) is 5.69 Å². The number of hydrogen-bond donors (Lipinski definition) is 2. The second-order valence-corrected chi connectivity index (χ2v) is 5.21. The quantitative estimate of drug-likeness (QED) is 0.858. The fraction of sp³-hybridized carbons (Fsp3) is 0.182. The molecule has 0 atom stereocenters. The summed E-state index contributed by atoms with van der Waals surface area (Å²) in [7, 11) is 0. The normalized spacial score (nSPS) is 10.2. The summed E-state index contributed by atoms with van der Waals surface area (Å²) in [6.45, 7) is -0.139. The van der Waals surface area contributed by atoms with Crippen LogP contribution in [-0.4, -0.2) is 23.3 Å². The van der Waals surface area contributed by atoms with Crippen molar-refractivity contribution in [3.8, 4) is 10.6 Å². The number of carbonyl (C=O) groups excluding carboxylic acids is 2. The Kier molecular flexibility index (Phi) is 4.06. The minimum Gasteiger partial charge on any atom is -0.368 e. The van der Waals surface area contributed by atoms with Crippen molar-refractivity contribution in [2.24, 2.45) is 5.73 Å². The Morgan fingerprint density at radius 1 is 1.39 bits per heavy atom. The molecule has 94 valence electrons. The van der Waals surface area contributed by atoms with Gasteiger partial charge in [0.25, 0.3) is 0 Å². The Labute approximate surface area is 112 Å². The first-order chi connectivity index (χ1) is 8.65. The van der Waals surface area contributed by atoms with Crippen LogP contribution in [0.2, 0.25) is 0 Å². The summed E-state index contributed by atoms with van der Waals surface area (Å²) in [6.07, 6.45) is 0.161. The van der Waals surface area contributed by atoms with Gasteiger partial charge < -0.3 is 11.1 Å². The Morgan fingerprint density at radius 2 is 2.22 bits per heavy atom. The van der Waals surface area contributed by atoms with Crippen molar-refractivity contribution in [2.45, 2.75) is 6.42 Å². The lowest BCUT2D eigenvalue weighted by Gasteiger charge is -1.99. The van der Waals surface area contributed by atoms with E-state index in [1.807, 2.05) is 22.2 Å². The minimum atomic E-state index is -0.555. The van der Waals surface area contributed by atoms with Gasteiger partial charge in [-0.3, -0.25) is 9.59 Å². The van der Waals surface area contributed by atoms with E-state index in [2.05, 4.69) is 10.3 Å². The number of amides is 2. The summed E-state index contributed by atoms with van der Waals surface area (Å²) in [6, 6.07) is 1.99. The van der Waals surface area contributed by atoms with Crippen LogP contribution in [0.25, 0.3) is 10.6 Å². The molecule has 0 aliphatic carbocycles. The topological polar surface area (TPSA) is 85.1 Å². The first kappa shape index (κ1) is 12.7. The summed E-state index contributed by atoms with van der Waals surface area (Å²) < 4.78 is 0. The van der Waals surface area contributed by atoms with Crippen LogP contribution in [0.3, 0.4) is 0 Å². The van der Waals surface area contributed by atoms with Gasteiger partial charge in [-0.05, 0) is 11.4 Å². The lowest BCUT2D eigenvalue weighted by molar-refractivity contribution is -0.124. The van der Waals surface area contributed by atoms with E-state index in [1.54, 1.807) is 11.3 Å². The Balaban J connectivity index is 1.95. The number of rotatable bonds is 5. The third kappa shape index (κ3) is 3.38. The summed E-state index contributed by atoms with van der Waals surface area (Å²) in [5.41, 5.74) is 6.70. The Hall–Kier alpha value is -1.73. The fourth-order valence-corrected chi connectivity index (χ4v) is 2.85. The average Bonchev–Trinajstić information content (AvgIpc) is 2.95. The second kappa shape index (κ2) is 5.74. The van der Waals surface area contributed by atoms with Crippen molar-refractivity contribution >= 4 is 34.5 Å². The molecule has 0 aromatic carbocycles. The number of hydrogen-bond acceptors (Lipinski definition) is 5. The van der Waals surface area contributed by atoms with Gasteiger partial charge in [0.15, 0.2) is 0 Å². The maximum atomic E-state index is 11.5. The van der Waals surface area contributed by atoms with Gasteiger partial charge in [0.05, 0.1) is 18.7 Å². The maximum absolute atomic E-state index is 11.5. The van der Waals surface area contributed by atoms with Gasteiger partial charge in [0, 0.05) is 16.3 Å². The van der Waals surface area contributed by atoms with Crippen molar-refractivity contribution in [3.05, 3.63) is 27.9 Å². The number of thiazole rings is 1. The molecule has 2 rings (SSSR count). The molecule has 0 aliphatic rings. The van der Waals surface area contributed by atoms with E-state index in [1.165, 1.54) is 11.3 Å². The van der Waals surface area contributed by atoms with Gasteiger partial charge in [0.2, 0.25) is 11.8 Å². The van der Waals surface area contributed by atoms with Gasteiger partial charge in [0.1, 0.15) is 5.01 Å². The molecule has 0 saturated carbocycles. The van der Waals surface area contributed by atoms with Crippen LogP contribution in [0.5, 0.6) is 0 Å². The molecule has 5 nitrogen and oxygen atoms in total. The minimum absolute atomic E-state index is 0.139. The standard InChI is InChI=1S/C11H11N3O2S2/c12-9(15)4-13-10(16)3-8-6-18-11(14-8)7-1-2-17-5-7/h1-2,5-6H,3-4H2,(H2,12,15)(H,13,16). The summed E-state index contributed by atoms with van der Waals surface area (Å²) in [4.78, 5) is 26.3. The van der Waals surface area contributed by atoms with Gasteiger partial charge in [-0.15, -0.1) is 11.3 Å². The largest absolute Gasteiger partial charge is 0.368 e. The van der Waals surface area contributed by atoms with Crippen LogP contribution in [0.1, 0.15) is 5.69 Å². The van der Waals surface area contributed by atoms with Crippen molar-refractivity contribution < 1.29 is 9.59 Å². The Morgan fingerprint density at radius 3 is 2.89 bits per heavy atom. The van der Waals surface area contributed by atoms with E-state index in [4.69, 9.17) is 5.73 Å². The number of nitrogens with one attached hydrogen (secondary N) is 1. The van der Waals surface area contributed by atoms with E-state index in [0.717, 1.165) is 10.6 Å². The highest BCUT2D eigenvalue weighted by Gasteiger charge is 2.09.